The van der Waals surface area contributed by atoms with E-state index in [1.807, 2.05) is 6.92 Å². The van der Waals surface area contributed by atoms with Gasteiger partial charge in [-0.05, 0) is 19.8 Å². The number of rotatable bonds is 5. The zero-order chi connectivity index (χ0) is 12.2. The standard InChI is InChI=1S/C13H25NO2/c1-5-12-8-16-11(3)7-14(12)9-13(4,6-2)10-15/h10-12H,5-9H2,1-4H3. The molecule has 1 fully saturated rings. The number of carbonyl (C=O) groups is 1. The van der Waals surface area contributed by atoms with E-state index < -0.39 is 0 Å². The van der Waals surface area contributed by atoms with Crippen LogP contribution < -0.4 is 0 Å². The van der Waals surface area contributed by atoms with Crippen molar-refractivity contribution < 1.29 is 9.53 Å². The van der Waals surface area contributed by atoms with E-state index in [0.717, 1.165) is 38.8 Å². The van der Waals surface area contributed by atoms with Crippen LogP contribution in [0.5, 0.6) is 0 Å². The van der Waals surface area contributed by atoms with E-state index in [1.165, 1.54) is 0 Å². The maximum atomic E-state index is 11.2. The van der Waals surface area contributed by atoms with Crippen molar-refractivity contribution in [3.63, 3.8) is 0 Å². The van der Waals surface area contributed by atoms with Gasteiger partial charge in [-0.3, -0.25) is 4.90 Å². The molecule has 0 aromatic carbocycles. The number of carbonyl (C=O) groups excluding carboxylic acids is 1. The van der Waals surface area contributed by atoms with Gasteiger partial charge in [0.1, 0.15) is 6.29 Å². The van der Waals surface area contributed by atoms with E-state index in [2.05, 4.69) is 25.7 Å². The lowest BCUT2D eigenvalue weighted by Gasteiger charge is -2.41. The molecule has 3 heteroatoms. The Bertz CT molecular complexity index is 232. The normalized spacial score (nSPS) is 31.0. The molecule has 0 aromatic heterocycles. The third-order valence-corrected chi connectivity index (χ3v) is 3.71. The Kier molecular flexibility index (Phi) is 4.93. The van der Waals surface area contributed by atoms with Gasteiger partial charge >= 0.3 is 0 Å². The Morgan fingerprint density at radius 2 is 2.19 bits per heavy atom. The van der Waals surface area contributed by atoms with E-state index >= 15 is 0 Å². The summed E-state index contributed by atoms with van der Waals surface area (Å²) in [5.74, 6) is 0. The van der Waals surface area contributed by atoms with Crippen molar-refractivity contribution in [3.05, 3.63) is 0 Å². The molecule has 0 aliphatic carbocycles. The van der Waals surface area contributed by atoms with Crippen LogP contribution in [-0.4, -0.2) is 43.0 Å². The summed E-state index contributed by atoms with van der Waals surface area (Å²) >= 11 is 0. The van der Waals surface area contributed by atoms with Crippen LogP contribution in [0.15, 0.2) is 0 Å². The first-order valence-corrected chi connectivity index (χ1v) is 6.36. The molecular weight excluding hydrogens is 202 g/mol. The molecule has 0 radical (unpaired) electrons. The molecule has 0 aromatic rings. The number of hydrogen-bond donors (Lipinski definition) is 0. The highest BCUT2D eigenvalue weighted by Gasteiger charge is 2.31. The fraction of sp³-hybridized carbons (Fsp3) is 0.923. The first-order chi connectivity index (χ1) is 7.54. The minimum absolute atomic E-state index is 0.204. The largest absolute Gasteiger partial charge is 0.376 e. The number of hydrogen-bond acceptors (Lipinski definition) is 3. The summed E-state index contributed by atoms with van der Waals surface area (Å²) in [4.78, 5) is 13.6. The summed E-state index contributed by atoms with van der Waals surface area (Å²) in [6.07, 6.45) is 3.39. The van der Waals surface area contributed by atoms with Crippen LogP contribution in [0.3, 0.4) is 0 Å². The molecule has 1 aliphatic rings. The molecule has 1 heterocycles. The summed E-state index contributed by atoms with van der Waals surface area (Å²) in [5.41, 5.74) is -0.204. The fourth-order valence-electron chi connectivity index (χ4n) is 2.18. The summed E-state index contributed by atoms with van der Waals surface area (Å²) in [5, 5.41) is 0. The van der Waals surface area contributed by atoms with Gasteiger partial charge in [-0.1, -0.05) is 20.8 Å². The lowest BCUT2D eigenvalue weighted by Crippen LogP contribution is -2.52. The molecule has 16 heavy (non-hydrogen) atoms. The molecule has 0 bridgehead atoms. The summed E-state index contributed by atoms with van der Waals surface area (Å²) in [7, 11) is 0. The molecule has 0 spiro atoms. The average Bonchev–Trinajstić information content (AvgIpc) is 2.29. The van der Waals surface area contributed by atoms with Gasteiger partial charge in [0.2, 0.25) is 0 Å². The molecule has 0 saturated carbocycles. The average molecular weight is 227 g/mol. The monoisotopic (exact) mass is 227 g/mol. The second kappa shape index (κ2) is 5.78. The molecule has 3 atom stereocenters. The third kappa shape index (κ3) is 3.29. The van der Waals surface area contributed by atoms with E-state index in [1.54, 1.807) is 0 Å². The highest BCUT2D eigenvalue weighted by molar-refractivity contribution is 5.58. The fourth-order valence-corrected chi connectivity index (χ4v) is 2.18. The number of ether oxygens (including phenoxy) is 1. The Labute approximate surface area is 99.1 Å². The zero-order valence-electron chi connectivity index (χ0n) is 11.0. The van der Waals surface area contributed by atoms with Crippen LogP contribution in [0.25, 0.3) is 0 Å². The zero-order valence-corrected chi connectivity index (χ0v) is 11.0. The van der Waals surface area contributed by atoms with Gasteiger partial charge in [0.25, 0.3) is 0 Å². The van der Waals surface area contributed by atoms with Crippen LogP contribution in [0, 0.1) is 5.41 Å². The van der Waals surface area contributed by atoms with Crippen LogP contribution in [0.4, 0.5) is 0 Å². The molecule has 0 amide bonds. The third-order valence-electron chi connectivity index (χ3n) is 3.71. The maximum absolute atomic E-state index is 11.2. The first-order valence-electron chi connectivity index (χ1n) is 6.36. The van der Waals surface area contributed by atoms with E-state index in [-0.39, 0.29) is 11.5 Å². The van der Waals surface area contributed by atoms with Gasteiger partial charge in [-0.2, -0.15) is 0 Å². The lowest BCUT2D eigenvalue weighted by atomic mass is 9.88. The van der Waals surface area contributed by atoms with Crippen molar-refractivity contribution in [1.29, 1.82) is 0 Å². The highest BCUT2D eigenvalue weighted by atomic mass is 16.5. The molecular formula is C13H25NO2. The quantitative estimate of drug-likeness (QED) is 0.674. The van der Waals surface area contributed by atoms with E-state index in [4.69, 9.17) is 4.74 Å². The van der Waals surface area contributed by atoms with Crippen molar-refractivity contribution in [2.45, 2.75) is 52.7 Å². The van der Waals surface area contributed by atoms with Gasteiger partial charge in [0.15, 0.2) is 0 Å². The minimum Gasteiger partial charge on any atom is -0.376 e. The van der Waals surface area contributed by atoms with Crippen molar-refractivity contribution >= 4 is 6.29 Å². The lowest BCUT2D eigenvalue weighted by molar-refractivity contribution is -0.120. The second-order valence-corrected chi connectivity index (χ2v) is 5.26. The van der Waals surface area contributed by atoms with Crippen molar-refractivity contribution in [2.75, 3.05) is 19.7 Å². The summed E-state index contributed by atoms with van der Waals surface area (Å²) in [6, 6.07) is 0.474. The van der Waals surface area contributed by atoms with E-state index in [9.17, 15) is 4.79 Å². The Morgan fingerprint density at radius 1 is 1.50 bits per heavy atom. The van der Waals surface area contributed by atoms with Gasteiger partial charge in [0, 0.05) is 24.5 Å². The predicted molar refractivity (Wildman–Crippen MR) is 65.5 cm³/mol. The summed E-state index contributed by atoms with van der Waals surface area (Å²) < 4.78 is 5.66. The summed E-state index contributed by atoms with van der Waals surface area (Å²) in [6.45, 7) is 11.0. The molecule has 1 saturated heterocycles. The number of morpholine rings is 1. The smallest absolute Gasteiger partial charge is 0.127 e. The number of nitrogens with zero attached hydrogens (tertiary/aromatic N) is 1. The Hall–Kier alpha value is -0.410. The molecule has 3 unspecified atom stereocenters. The number of aldehydes is 1. The van der Waals surface area contributed by atoms with Gasteiger partial charge in [-0.15, -0.1) is 0 Å². The second-order valence-electron chi connectivity index (χ2n) is 5.26. The van der Waals surface area contributed by atoms with Gasteiger partial charge < -0.3 is 9.53 Å². The maximum Gasteiger partial charge on any atom is 0.127 e. The topological polar surface area (TPSA) is 29.5 Å². The van der Waals surface area contributed by atoms with Crippen LogP contribution >= 0.6 is 0 Å². The Balaban J connectivity index is 2.64. The minimum atomic E-state index is -0.204. The SMILES string of the molecule is CCC1COC(C)CN1CC(C)(C=O)CC. The molecule has 1 rings (SSSR count). The molecule has 1 aliphatic heterocycles. The molecule has 3 nitrogen and oxygen atoms in total. The van der Waals surface area contributed by atoms with Crippen molar-refractivity contribution in [3.8, 4) is 0 Å². The van der Waals surface area contributed by atoms with E-state index in [0.29, 0.717) is 6.04 Å². The molecule has 0 N–H and O–H groups in total. The van der Waals surface area contributed by atoms with Crippen molar-refractivity contribution in [1.82, 2.24) is 4.90 Å². The van der Waals surface area contributed by atoms with Crippen LogP contribution in [0.1, 0.15) is 40.5 Å². The van der Waals surface area contributed by atoms with Gasteiger partial charge in [-0.25, -0.2) is 0 Å². The molecule has 94 valence electrons. The first kappa shape index (κ1) is 13.7. The van der Waals surface area contributed by atoms with Crippen LogP contribution in [0.2, 0.25) is 0 Å². The highest BCUT2D eigenvalue weighted by Crippen LogP contribution is 2.24. The van der Waals surface area contributed by atoms with Gasteiger partial charge in [0.05, 0.1) is 12.7 Å². The predicted octanol–water partition coefficient (Wildman–Crippen LogP) is 2.10. The Morgan fingerprint density at radius 3 is 2.69 bits per heavy atom. The van der Waals surface area contributed by atoms with Crippen molar-refractivity contribution in [2.24, 2.45) is 5.41 Å². The van der Waals surface area contributed by atoms with Crippen LogP contribution in [-0.2, 0) is 9.53 Å².